The third-order valence-corrected chi connectivity index (χ3v) is 4.96. The normalized spacial score (nSPS) is 11.4. The van der Waals surface area contributed by atoms with E-state index in [0.29, 0.717) is 11.8 Å². The van der Waals surface area contributed by atoms with Gasteiger partial charge in [-0.15, -0.1) is 10.2 Å². The Morgan fingerprint density at radius 3 is 2.47 bits per heavy atom. The second kappa shape index (κ2) is 9.34. The van der Waals surface area contributed by atoms with Gasteiger partial charge in [-0.25, -0.2) is 0 Å². The van der Waals surface area contributed by atoms with Crippen molar-refractivity contribution in [2.45, 2.75) is 45.4 Å². The molecular formula is C23H27N3O3S. The molecule has 0 atom stereocenters. The molecule has 6 nitrogen and oxygen atoms in total. The highest BCUT2D eigenvalue weighted by atomic mass is 32.2. The molecule has 0 aliphatic rings. The summed E-state index contributed by atoms with van der Waals surface area (Å²) in [4.78, 5) is 12.2. The molecule has 30 heavy (non-hydrogen) atoms. The standard InChI is InChI=1S/C23H27N3O3S/c1-6-28-19-12-10-18(11-13-19)26-21(17-9-7-8-16(2)14-17)24-25-22(26)30-15-20(27)29-23(3,4)5/h7-14H,6,15H2,1-5H3. The molecule has 3 aromatic rings. The lowest BCUT2D eigenvalue weighted by molar-refractivity contribution is -0.151. The lowest BCUT2D eigenvalue weighted by atomic mass is 10.1. The first-order valence-corrected chi connectivity index (χ1v) is 10.9. The number of carbonyl (C=O) groups excluding carboxylic acids is 1. The summed E-state index contributed by atoms with van der Waals surface area (Å²) in [7, 11) is 0. The van der Waals surface area contributed by atoms with Crippen LogP contribution in [-0.4, -0.2) is 38.7 Å². The van der Waals surface area contributed by atoms with Gasteiger partial charge in [0.05, 0.1) is 12.4 Å². The fourth-order valence-corrected chi connectivity index (χ4v) is 3.65. The van der Waals surface area contributed by atoms with Crippen molar-refractivity contribution in [2.24, 2.45) is 0 Å². The molecule has 0 fully saturated rings. The van der Waals surface area contributed by atoms with Gasteiger partial charge < -0.3 is 9.47 Å². The molecule has 0 aliphatic carbocycles. The van der Waals surface area contributed by atoms with Gasteiger partial charge in [-0.3, -0.25) is 9.36 Å². The van der Waals surface area contributed by atoms with Crippen molar-refractivity contribution in [1.82, 2.24) is 14.8 Å². The van der Waals surface area contributed by atoms with Gasteiger partial charge >= 0.3 is 5.97 Å². The Balaban J connectivity index is 1.95. The molecule has 158 valence electrons. The summed E-state index contributed by atoms with van der Waals surface area (Å²) in [5.41, 5.74) is 2.47. The number of aromatic nitrogens is 3. The molecule has 0 saturated heterocycles. The fourth-order valence-electron chi connectivity index (χ4n) is 2.92. The maximum Gasteiger partial charge on any atom is 0.316 e. The molecule has 0 N–H and O–H groups in total. The highest BCUT2D eigenvalue weighted by molar-refractivity contribution is 7.99. The van der Waals surface area contributed by atoms with Gasteiger partial charge in [0.25, 0.3) is 0 Å². The number of hydrogen-bond donors (Lipinski definition) is 0. The van der Waals surface area contributed by atoms with E-state index in [2.05, 4.69) is 16.3 Å². The summed E-state index contributed by atoms with van der Waals surface area (Å²) >= 11 is 1.31. The number of aryl methyl sites for hydroxylation is 1. The van der Waals surface area contributed by atoms with Crippen LogP contribution in [0.4, 0.5) is 0 Å². The van der Waals surface area contributed by atoms with E-state index in [9.17, 15) is 4.79 Å². The van der Waals surface area contributed by atoms with E-state index in [0.717, 1.165) is 28.4 Å². The third-order valence-electron chi connectivity index (χ3n) is 4.05. The van der Waals surface area contributed by atoms with Crippen LogP contribution < -0.4 is 4.74 Å². The minimum atomic E-state index is -0.521. The second-order valence-corrected chi connectivity index (χ2v) is 8.76. The van der Waals surface area contributed by atoms with Crippen LogP contribution >= 0.6 is 11.8 Å². The molecule has 3 rings (SSSR count). The van der Waals surface area contributed by atoms with E-state index in [1.807, 2.05) is 81.7 Å². The molecule has 0 amide bonds. The van der Waals surface area contributed by atoms with Crippen LogP contribution in [0, 0.1) is 6.92 Å². The summed E-state index contributed by atoms with van der Waals surface area (Å²) in [5, 5.41) is 9.41. The second-order valence-electron chi connectivity index (χ2n) is 7.81. The van der Waals surface area contributed by atoms with Crippen molar-refractivity contribution in [2.75, 3.05) is 12.4 Å². The number of benzene rings is 2. The van der Waals surface area contributed by atoms with Crippen LogP contribution in [0.2, 0.25) is 0 Å². The van der Waals surface area contributed by atoms with Gasteiger partial charge in [0.15, 0.2) is 11.0 Å². The van der Waals surface area contributed by atoms with Crippen LogP contribution in [0.5, 0.6) is 5.75 Å². The van der Waals surface area contributed by atoms with Gasteiger partial charge in [0.2, 0.25) is 0 Å². The van der Waals surface area contributed by atoms with Crippen LogP contribution in [0.1, 0.15) is 33.3 Å². The molecule has 2 aromatic carbocycles. The first-order valence-electron chi connectivity index (χ1n) is 9.87. The van der Waals surface area contributed by atoms with E-state index in [1.165, 1.54) is 11.8 Å². The minimum absolute atomic E-state index is 0.153. The monoisotopic (exact) mass is 425 g/mol. The van der Waals surface area contributed by atoms with E-state index in [-0.39, 0.29) is 11.7 Å². The third kappa shape index (κ3) is 5.63. The Morgan fingerprint density at radius 2 is 1.83 bits per heavy atom. The van der Waals surface area contributed by atoms with Crippen molar-refractivity contribution in [3.8, 4) is 22.8 Å². The highest BCUT2D eigenvalue weighted by Gasteiger charge is 2.20. The Hall–Kier alpha value is -2.80. The van der Waals surface area contributed by atoms with Crippen molar-refractivity contribution < 1.29 is 14.3 Å². The van der Waals surface area contributed by atoms with Crippen LogP contribution in [0.15, 0.2) is 53.7 Å². The fraction of sp³-hybridized carbons (Fsp3) is 0.348. The first kappa shape index (κ1) is 21.9. The number of ether oxygens (including phenoxy) is 2. The van der Waals surface area contributed by atoms with Gasteiger partial charge in [-0.2, -0.15) is 0 Å². The number of rotatable bonds is 7. The molecule has 0 aliphatic heterocycles. The average Bonchev–Trinajstić information content (AvgIpc) is 3.10. The maximum absolute atomic E-state index is 12.2. The maximum atomic E-state index is 12.2. The zero-order chi connectivity index (χ0) is 21.7. The largest absolute Gasteiger partial charge is 0.494 e. The van der Waals surface area contributed by atoms with Crippen LogP contribution in [0.3, 0.4) is 0 Å². The Kier molecular flexibility index (Phi) is 6.82. The van der Waals surface area contributed by atoms with Crippen molar-refractivity contribution in [3.63, 3.8) is 0 Å². The number of thioether (sulfide) groups is 1. The molecule has 0 bridgehead atoms. The number of carbonyl (C=O) groups is 1. The van der Waals surface area contributed by atoms with Crippen LogP contribution in [0.25, 0.3) is 17.1 Å². The number of esters is 1. The van der Waals surface area contributed by atoms with Crippen molar-refractivity contribution in [3.05, 3.63) is 54.1 Å². The average molecular weight is 426 g/mol. The Bertz CT molecular complexity index is 1010. The van der Waals surface area contributed by atoms with E-state index in [1.54, 1.807) is 0 Å². The smallest absolute Gasteiger partial charge is 0.316 e. The lowest BCUT2D eigenvalue weighted by Gasteiger charge is -2.19. The van der Waals surface area contributed by atoms with E-state index in [4.69, 9.17) is 9.47 Å². The predicted octanol–water partition coefficient (Wildman–Crippen LogP) is 5.08. The summed E-state index contributed by atoms with van der Waals surface area (Å²) in [6.45, 7) is 10.2. The SMILES string of the molecule is CCOc1ccc(-n2c(SCC(=O)OC(C)(C)C)nnc2-c2cccc(C)c2)cc1. The molecule has 1 heterocycles. The highest BCUT2D eigenvalue weighted by Crippen LogP contribution is 2.29. The summed E-state index contributed by atoms with van der Waals surface area (Å²) < 4.78 is 12.9. The quantitative estimate of drug-likeness (QED) is 0.389. The Morgan fingerprint density at radius 1 is 1.10 bits per heavy atom. The summed E-state index contributed by atoms with van der Waals surface area (Å²) in [6.07, 6.45) is 0. The zero-order valence-electron chi connectivity index (χ0n) is 18.0. The molecule has 0 spiro atoms. The van der Waals surface area contributed by atoms with Gasteiger partial charge in [0, 0.05) is 11.3 Å². The molecule has 0 radical (unpaired) electrons. The summed E-state index contributed by atoms with van der Waals surface area (Å²) in [6, 6.07) is 15.9. The van der Waals surface area contributed by atoms with Crippen LogP contribution in [-0.2, 0) is 9.53 Å². The minimum Gasteiger partial charge on any atom is -0.494 e. The first-order chi connectivity index (χ1) is 14.3. The molecule has 1 aromatic heterocycles. The molecule has 0 saturated carbocycles. The van der Waals surface area contributed by atoms with Crippen molar-refractivity contribution in [1.29, 1.82) is 0 Å². The van der Waals surface area contributed by atoms with Gasteiger partial charge in [0.1, 0.15) is 11.4 Å². The molecule has 7 heteroatoms. The number of hydrogen-bond acceptors (Lipinski definition) is 6. The van der Waals surface area contributed by atoms with Gasteiger partial charge in [-0.05, 0) is 65.0 Å². The molecular weight excluding hydrogens is 398 g/mol. The van der Waals surface area contributed by atoms with E-state index >= 15 is 0 Å². The topological polar surface area (TPSA) is 66.2 Å². The van der Waals surface area contributed by atoms with E-state index < -0.39 is 5.60 Å². The summed E-state index contributed by atoms with van der Waals surface area (Å²) in [5.74, 6) is 1.38. The predicted molar refractivity (Wildman–Crippen MR) is 119 cm³/mol. The zero-order valence-corrected chi connectivity index (χ0v) is 18.8. The molecule has 0 unspecified atom stereocenters. The Labute approximate surface area is 181 Å². The lowest BCUT2D eigenvalue weighted by Crippen LogP contribution is -2.25. The van der Waals surface area contributed by atoms with Crippen molar-refractivity contribution >= 4 is 17.7 Å². The van der Waals surface area contributed by atoms with Gasteiger partial charge in [-0.1, -0.05) is 35.5 Å². The number of nitrogens with zero attached hydrogens (tertiary/aromatic N) is 3.